The summed E-state index contributed by atoms with van der Waals surface area (Å²) in [6.45, 7) is 2.74. The minimum Gasteiger partial charge on any atom is -0.504 e. The maximum absolute atomic E-state index is 10.0. The van der Waals surface area contributed by atoms with E-state index < -0.39 is 0 Å². The largest absolute Gasteiger partial charge is 0.504 e. The summed E-state index contributed by atoms with van der Waals surface area (Å²) in [5, 5.41) is 13.3. The van der Waals surface area contributed by atoms with Crippen molar-refractivity contribution < 1.29 is 9.84 Å². The maximum atomic E-state index is 10.0. The lowest BCUT2D eigenvalue weighted by Crippen LogP contribution is -2.00. The second-order valence-corrected chi connectivity index (χ2v) is 4.77. The van der Waals surface area contributed by atoms with Crippen LogP contribution in [-0.2, 0) is 13.0 Å². The molecule has 0 saturated carbocycles. The third-order valence-corrected chi connectivity index (χ3v) is 3.28. The van der Waals surface area contributed by atoms with Gasteiger partial charge in [-0.3, -0.25) is 0 Å². The Morgan fingerprint density at radius 3 is 2.50 bits per heavy atom. The fraction of sp³-hybridized carbons (Fsp3) is 0.294. The molecule has 0 saturated heterocycles. The molecule has 0 aromatic heterocycles. The molecule has 0 aliphatic heterocycles. The Morgan fingerprint density at radius 2 is 1.85 bits per heavy atom. The monoisotopic (exact) mass is 271 g/mol. The van der Waals surface area contributed by atoms with Crippen molar-refractivity contribution in [3.63, 3.8) is 0 Å². The van der Waals surface area contributed by atoms with Crippen LogP contribution in [0.4, 0.5) is 5.69 Å². The van der Waals surface area contributed by atoms with Gasteiger partial charge in [0, 0.05) is 17.8 Å². The minimum atomic E-state index is 0.199. The summed E-state index contributed by atoms with van der Waals surface area (Å²) in [6, 6.07) is 13.9. The zero-order valence-corrected chi connectivity index (χ0v) is 12.0. The molecule has 3 nitrogen and oxygen atoms in total. The number of phenolic OH excluding ortho intramolecular Hbond substituents is 1. The molecule has 2 N–H and O–H groups in total. The second kappa shape index (κ2) is 6.85. The van der Waals surface area contributed by atoms with E-state index in [1.54, 1.807) is 13.2 Å². The number of aryl methyl sites for hydroxylation is 1. The quantitative estimate of drug-likeness (QED) is 0.835. The van der Waals surface area contributed by atoms with Crippen LogP contribution in [0, 0.1) is 0 Å². The summed E-state index contributed by atoms with van der Waals surface area (Å²) in [5.41, 5.74) is 3.22. The number of aromatic hydroxyl groups is 1. The highest BCUT2D eigenvalue weighted by atomic mass is 16.5. The van der Waals surface area contributed by atoms with E-state index in [0.29, 0.717) is 12.3 Å². The van der Waals surface area contributed by atoms with Crippen molar-refractivity contribution in [2.45, 2.75) is 26.3 Å². The van der Waals surface area contributed by atoms with E-state index in [2.05, 4.69) is 36.5 Å². The fourth-order valence-electron chi connectivity index (χ4n) is 2.15. The van der Waals surface area contributed by atoms with Crippen LogP contribution >= 0.6 is 0 Å². The molecule has 0 aliphatic rings. The summed E-state index contributed by atoms with van der Waals surface area (Å²) < 4.78 is 5.10. The number of benzene rings is 2. The zero-order chi connectivity index (χ0) is 14.4. The Labute approximate surface area is 120 Å². The molecule has 2 rings (SSSR count). The number of ether oxygens (including phenoxy) is 1. The topological polar surface area (TPSA) is 41.5 Å². The van der Waals surface area contributed by atoms with Gasteiger partial charge in [-0.2, -0.15) is 0 Å². The van der Waals surface area contributed by atoms with Gasteiger partial charge in [-0.05, 0) is 30.2 Å². The molecule has 3 heteroatoms. The van der Waals surface area contributed by atoms with Crippen LogP contribution in [0.3, 0.4) is 0 Å². The molecular weight excluding hydrogens is 250 g/mol. The van der Waals surface area contributed by atoms with Crippen molar-refractivity contribution >= 4 is 5.69 Å². The molecular formula is C17H21NO2. The van der Waals surface area contributed by atoms with Crippen molar-refractivity contribution in [2.24, 2.45) is 0 Å². The lowest BCUT2D eigenvalue weighted by molar-refractivity contribution is 0.371. The van der Waals surface area contributed by atoms with Crippen LogP contribution in [0.25, 0.3) is 0 Å². The third kappa shape index (κ3) is 3.44. The third-order valence-electron chi connectivity index (χ3n) is 3.28. The average molecular weight is 271 g/mol. The first-order valence-electron chi connectivity index (χ1n) is 6.92. The molecule has 0 unspecified atom stereocenters. The van der Waals surface area contributed by atoms with E-state index in [4.69, 9.17) is 4.74 Å². The van der Waals surface area contributed by atoms with Gasteiger partial charge in [0.15, 0.2) is 11.5 Å². The number of phenols is 1. The molecule has 2 aromatic carbocycles. The number of hydrogen-bond acceptors (Lipinski definition) is 3. The highest BCUT2D eigenvalue weighted by Gasteiger charge is 2.06. The number of nitrogens with one attached hydrogen (secondary N) is 1. The van der Waals surface area contributed by atoms with E-state index in [1.165, 1.54) is 5.56 Å². The standard InChI is InChI=1S/C17H21NO2/c1-3-5-13-8-10-15(11-9-13)18-12-14-6-4-7-16(20-2)17(14)19/h4,6-11,18-19H,3,5,12H2,1-2H3. The van der Waals surface area contributed by atoms with Gasteiger partial charge in [-0.25, -0.2) is 0 Å². The number of methoxy groups -OCH3 is 1. The van der Waals surface area contributed by atoms with Gasteiger partial charge in [0.25, 0.3) is 0 Å². The SMILES string of the molecule is CCCc1ccc(NCc2cccc(OC)c2O)cc1. The van der Waals surface area contributed by atoms with Crippen LogP contribution in [0.15, 0.2) is 42.5 Å². The second-order valence-electron chi connectivity index (χ2n) is 4.77. The number of hydrogen-bond donors (Lipinski definition) is 2. The van der Waals surface area contributed by atoms with Crippen molar-refractivity contribution in [1.82, 2.24) is 0 Å². The van der Waals surface area contributed by atoms with Gasteiger partial charge in [0.2, 0.25) is 0 Å². The van der Waals surface area contributed by atoms with E-state index in [9.17, 15) is 5.11 Å². The highest BCUT2D eigenvalue weighted by molar-refractivity contribution is 5.49. The molecule has 0 bridgehead atoms. The van der Waals surface area contributed by atoms with E-state index in [-0.39, 0.29) is 5.75 Å². The molecule has 0 heterocycles. The van der Waals surface area contributed by atoms with Crippen LogP contribution < -0.4 is 10.1 Å². The molecule has 0 fully saturated rings. The molecule has 0 aliphatic carbocycles. The number of para-hydroxylation sites is 1. The number of rotatable bonds is 6. The highest BCUT2D eigenvalue weighted by Crippen LogP contribution is 2.29. The van der Waals surface area contributed by atoms with Gasteiger partial charge in [0.05, 0.1) is 7.11 Å². The fourth-order valence-corrected chi connectivity index (χ4v) is 2.15. The van der Waals surface area contributed by atoms with Crippen LogP contribution in [0.5, 0.6) is 11.5 Å². The maximum Gasteiger partial charge on any atom is 0.162 e. The van der Waals surface area contributed by atoms with Gasteiger partial charge >= 0.3 is 0 Å². The Kier molecular flexibility index (Phi) is 4.88. The van der Waals surface area contributed by atoms with Gasteiger partial charge in [0.1, 0.15) is 0 Å². The smallest absolute Gasteiger partial charge is 0.162 e. The first-order chi connectivity index (χ1) is 9.74. The average Bonchev–Trinajstić information content (AvgIpc) is 2.48. The Morgan fingerprint density at radius 1 is 1.10 bits per heavy atom. The van der Waals surface area contributed by atoms with Gasteiger partial charge in [-0.1, -0.05) is 37.6 Å². The van der Waals surface area contributed by atoms with Crippen LogP contribution in [-0.4, -0.2) is 12.2 Å². The van der Waals surface area contributed by atoms with Crippen LogP contribution in [0.1, 0.15) is 24.5 Å². The Hall–Kier alpha value is -2.16. The van der Waals surface area contributed by atoms with Crippen molar-refractivity contribution in [3.8, 4) is 11.5 Å². The summed E-state index contributed by atoms with van der Waals surface area (Å²) in [7, 11) is 1.55. The first-order valence-corrected chi connectivity index (χ1v) is 6.92. The lowest BCUT2D eigenvalue weighted by atomic mass is 10.1. The van der Waals surface area contributed by atoms with Gasteiger partial charge in [-0.15, -0.1) is 0 Å². The minimum absolute atomic E-state index is 0.199. The summed E-state index contributed by atoms with van der Waals surface area (Å²) in [5.74, 6) is 0.702. The molecule has 106 valence electrons. The van der Waals surface area contributed by atoms with Crippen molar-refractivity contribution in [2.75, 3.05) is 12.4 Å². The molecule has 0 spiro atoms. The van der Waals surface area contributed by atoms with E-state index >= 15 is 0 Å². The van der Waals surface area contributed by atoms with Crippen molar-refractivity contribution in [1.29, 1.82) is 0 Å². The lowest BCUT2D eigenvalue weighted by Gasteiger charge is -2.11. The summed E-state index contributed by atoms with van der Waals surface area (Å²) in [6.07, 6.45) is 2.27. The normalized spacial score (nSPS) is 10.3. The molecule has 20 heavy (non-hydrogen) atoms. The molecule has 0 amide bonds. The number of anilines is 1. The molecule has 0 radical (unpaired) electrons. The Bertz CT molecular complexity index is 549. The Balaban J connectivity index is 2.01. The predicted molar refractivity (Wildman–Crippen MR) is 82.4 cm³/mol. The molecule has 2 aromatic rings. The predicted octanol–water partition coefficient (Wildman–Crippen LogP) is 3.97. The van der Waals surface area contributed by atoms with Gasteiger partial charge < -0.3 is 15.2 Å². The van der Waals surface area contributed by atoms with Crippen molar-refractivity contribution in [3.05, 3.63) is 53.6 Å². The molecule has 0 atom stereocenters. The van der Waals surface area contributed by atoms with E-state index in [1.807, 2.05) is 12.1 Å². The zero-order valence-electron chi connectivity index (χ0n) is 12.0. The summed E-state index contributed by atoms with van der Waals surface area (Å²) >= 11 is 0. The van der Waals surface area contributed by atoms with Crippen LogP contribution in [0.2, 0.25) is 0 Å². The first kappa shape index (κ1) is 14.3. The van der Waals surface area contributed by atoms with E-state index in [0.717, 1.165) is 24.1 Å². The summed E-state index contributed by atoms with van der Waals surface area (Å²) in [4.78, 5) is 0.